The van der Waals surface area contributed by atoms with Gasteiger partial charge in [-0.1, -0.05) is 6.07 Å². The van der Waals surface area contributed by atoms with Crippen molar-refractivity contribution in [3.8, 4) is 0 Å². The Hall–Kier alpha value is -1.62. The van der Waals surface area contributed by atoms with Crippen LogP contribution in [0.2, 0.25) is 0 Å². The fraction of sp³-hybridized carbons (Fsp3) is 0.500. The molecule has 0 unspecified atom stereocenters. The van der Waals surface area contributed by atoms with Crippen molar-refractivity contribution in [2.24, 2.45) is 5.73 Å². The first-order valence-corrected chi connectivity index (χ1v) is 6.06. The summed E-state index contributed by atoms with van der Waals surface area (Å²) in [5, 5.41) is 4.51. The highest BCUT2D eigenvalue weighted by molar-refractivity contribution is 5.50. The molecule has 1 aliphatic rings. The highest BCUT2D eigenvalue weighted by Crippen LogP contribution is 2.17. The summed E-state index contributed by atoms with van der Waals surface area (Å²) in [5.74, 6) is 0.825. The third kappa shape index (κ3) is 1.86. The molecule has 5 nitrogen and oxygen atoms in total. The van der Waals surface area contributed by atoms with Gasteiger partial charge in [0.25, 0.3) is 0 Å². The van der Waals surface area contributed by atoms with Crippen molar-refractivity contribution in [3.63, 3.8) is 0 Å². The van der Waals surface area contributed by atoms with Crippen molar-refractivity contribution in [3.05, 3.63) is 23.9 Å². The molecule has 0 atom stereocenters. The number of rotatable bonds is 1. The lowest BCUT2D eigenvalue weighted by molar-refractivity contribution is 0.495. The van der Waals surface area contributed by atoms with Gasteiger partial charge in [-0.3, -0.25) is 0 Å². The lowest BCUT2D eigenvalue weighted by Gasteiger charge is -2.28. The average molecular weight is 231 g/mol. The van der Waals surface area contributed by atoms with E-state index in [0.717, 1.165) is 43.1 Å². The summed E-state index contributed by atoms with van der Waals surface area (Å²) in [6, 6.07) is 4.39. The van der Waals surface area contributed by atoms with Crippen molar-refractivity contribution in [1.29, 1.82) is 0 Å². The molecule has 17 heavy (non-hydrogen) atoms. The fourth-order valence-electron chi connectivity index (χ4n) is 2.26. The van der Waals surface area contributed by atoms with Gasteiger partial charge < -0.3 is 10.6 Å². The predicted molar refractivity (Wildman–Crippen MR) is 67.1 cm³/mol. The molecule has 5 heteroatoms. The Morgan fingerprint density at radius 2 is 2.12 bits per heavy atom. The Morgan fingerprint density at radius 1 is 1.35 bits per heavy atom. The van der Waals surface area contributed by atoms with Crippen LogP contribution < -0.4 is 10.6 Å². The van der Waals surface area contributed by atoms with Gasteiger partial charge in [-0.2, -0.15) is 4.98 Å². The van der Waals surface area contributed by atoms with E-state index in [2.05, 4.69) is 28.0 Å². The molecule has 90 valence electrons. The Bertz CT molecular complexity index is 525. The highest BCUT2D eigenvalue weighted by Gasteiger charge is 2.19. The Labute approximate surface area is 100 Å². The molecule has 2 aromatic rings. The van der Waals surface area contributed by atoms with Gasteiger partial charge in [0.1, 0.15) is 0 Å². The van der Waals surface area contributed by atoms with E-state index in [9.17, 15) is 0 Å². The van der Waals surface area contributed by atoms with Crippen LogP contribution in [0.25, 0.3) is 5.65 Å². The summed E-state index contributed by atoms with van der Waals surface area (Å²) in [6.07, 6.45) is 3.98. The van der Waals surface area contributed by atoms with Gasteiger partial charge in [-0.15, -0.1) is 5.10 Å². The summed E-state index contributed by atoms with van der Waals surface area (Å²) in [7, 11) is 0. The summed E-state index contributed by atoms with van der Waals surface area (Å²) in [4.78, 5) is 6.82. The van der Waals surface area contributed by atoms with Gasteiger partial charge in [0.2, 0.25) is 5.95 Å². The number of anilines is 1. The van der Waals surface area contributed by atoms with Gasteiger partial charge in [-0.05, 0) is 31.4 Å². The first kappa shape index (κ1) is 10.5. The van der Waals surface area contributed by atoms with Crippen molar-refractivity contribution in [1.82, 2.24) is 14.6 Å². The maximum Gasteiger partial charge on any atom is 0.245 e. The third-order valence-corrected chi connectivity index (χ3v) is 3.37. The quantitative estimate of drug-likeness (QED) is 0.794. The monoisotopic (exact) mass is 231 g/mol. The van der Waals surface area contributed by atoms with Crippen molar-refractivity contribution in [2.45, 2.75) is 25.8 Å². The Kier molecular flexibility index (Phi) is 2.48. The van der Waals surface area contributed by atoms with Crippen LogP contribution in [0.1, 0.15) is 18.4 Å². The number of aryl methyl sites for hydroxylation is 1. The first-order chi connectivity index (χ1) is 8.24. The molecule has 0 aliphatic carbocycles. The van der Waals surface area contributed by atoms with E-state index >= 15 is 0 Å². The average Bonchev–Trinajstić information content (AvgIpc) is 2.75. The molecule has 2 N–H and O–H groups in total. The SMILES string of the molecule is Cc1cccn2nc(N3CCC(N)CC3)nc12. The minimum Gasteiger partial charge on any atom is -0.339 e. The van der Waals surface area contributed by atoms with Crippen LogP contribution in [0, 0.1) is 6.92 Å². The minimum absolute atomic E-state index is 0.338. The fourth-order valence-corrected chi connectivity index (χ4v) is 2.26. The second-order valence-corrected chi connectivity index (χ2v) is 4.70. The standard InChI is InChI=1S/C12H17N5/c1-9-3-2-6-17-11(9)14-12(15-17)16-7-4-10(13)5-8-16/h2-3,6,10H,4-5,7-8,13H2,1H3. The summed E-state index contributed by atoms with van der Waals surface area (Å²) in [6.45, 7) is 3.97. The molecule has 0 saturated carbocycles. The zero-order valence-electron chi connectivity index (χ0n) is 10.0. The molecule has 2 aromatic heterocycles. The second kappa shape index (κ2) is 4.00. The predicted octanol–water partition coefficient (Wildman–Crippen LogP) is 0.965. The summed E-state index contributed by atoms with van der Waals surface area (Å²) >= 11 is 0. The number of nitrogens with two attached hydrogens (primary N) is 1. The van der Waals surface area contributed by atoms with Crippen LogP contribution in [0.4, 0.5) is 5.95 Å². The van der Waals surface area contributed by atoms with E-state index < -0.39 is 0 Å². The molecule has 1 aliphatic heterocycles. The number of piperidine rings is 1. The summed E-state index contributed by atoms with van der Waals surface area (Å²) in [5.41, 5.74) is 8.00. The number of hydrogen-bond donors (Lipinski definition) is 1. The Balaban J connectivity index is 1.93. The molecular formula is C12H17N5. The number of nitrogens with zero attached hydrogens (tertiary/aromatic N) is 4. The minimum atomic E-state index is 0.338. The van der Waals surface area contributed by atoms with Gasteiger partial charge in [0.05, 0.1) is 0 Å². The highest BCUT2D eigenvalue weighted by atomic mass is 15.4. The molecule has 0 aromatic carbocycles. The number of fused-ring (bicyclic) bond motifs is 1. The molecule has 0 amide bonds. The molecule has 0 spiro atoms. The Morgan fingerprint density at radius 3 is 2.82 bits per heavy atom. The lowest BCUT2D eigenvalue weighted by Crippen LogP contribution is -2.40. The molecular weight excluding hydrogens is 214 g/mol. The van der Waals surface area contributed by atoms with Crippen LogP contribution in [0.3, 0.4) is 0 Å². The maximum atomic E-state index is 5.90. The van der Waals surface area contributed by atoms with Gasteiger partial charge in [0.15, 0.2) is 5.65 Å². The topological polar surface area (TPSA) is 59.5 Å². The van der Waals surface area contributed by atoms with Crippen LogP contribution >= 0.6 is 0 Å². The van der Waals surface area contributed by atoms with Crippen molar-refractivity contribution in [2.75, 3.05) is 18.0 Å². The molecule has 0 bridgehead atoms. The van der Waals surface area contributed by atoms with E-state index in [1.807, 2.05) is 16.8 Å². The van der Waals surface area contributed by atoms with Crippen LogP contribution in [0.15, 0.2) is 18.3 Å². The van der Waals surface area contributed by atoms with Gasteiger partial charge in [-0.25, -0.2) is 4.52 Å². The largest absolute Gasteiger partial charge is 0.339 e. The maximum absolute atomic E-state index is 5.90. The van der Waals surface area contributed by atoms with E-state index in [0.29, 0.717) is 6.04 Å². The van der Waals surface area contributed by atoms with Gasteiger partial charge in [0, 0.05) is 25.3 Å². The van der Waals surface area contributed by atoms with Crippen molar-refractivity contribution >= 4 is 11.6 Å². The van der Waals surface area contributed by atoms with E-state index in [1.165, 1.54) is 0 Å². The lowest BCUT2D eigenvalue weighted by atomic mass is 10.1. The molecule has 3 heterocycles. The molecule has 3 rings (SSSR count). The van der Waals surface area contributed by atoms with Crippen LogP contribution in [-0.4, -0.2) is 33.7 Å². The number of aromatic nitrogens is 3. The smallest absolute Gasteiger partial charge is 0.245 e. The zero-order valence-corrected chi connectivity index (χ0v) is 10.0. The third-order valence-electron chi connectivity index (χ3n) is 3.37. The number of pyridine rings is 1. The van der Waals surface area contributed by atoms with E-state index in [1.54, 1.807) is 0 Å². The molecule has 1 saturated heterocycles. The van der Waals surface area contributed by atoms with Crippen molar-refractivity contribution < 1.29 is 0 Å². The van der Waals surface area contributed by atoms with E-state index in [-0.39, 0.29) is 0 Å². The zero-order chi connectivity index (χ0) is 11.8. The van der Waals surface area contributed by atoms with Crippen LogP contribution in [-0.2, 0) is 0 Å². The van der Waals surface area contributed by atoms with Gasteiger partial charge >= 0.3 is 0 Å². The number of hydrogen-bond acceptors (Lipinski definition) is 4. The normalized spacial score (nSPS) is 17.9. The van der Waals surface area contributed by atoms with Crippen LogP contribution in [0.5, 0.6) is 0 Å². The molecule has 0 radical (unpaired) electrons. The first-order valence-electron chi connectivity index (χ1n) is 6.06. The molecule has 1 fully saturated rings. The van der Waals surface area contributed by atoms with E-state index in [4.69, 9.17) is 5.73 Å². The second-order valence-electron chi connectivity index (χ2n) is 4.70. The summed E-state index contributed by atoms with van der Waals surface area (Å²) < 4.78 is 1.85.